The van der Waals surface area contributed by atoms with Gasteiger partial charge in [-0.25, -0.2) is 0 Å². The molecular weight excluding hydrogens is 324 g/mol. The minimum Gasteiger partial charge on any atom is -0.324 e. The van der Waals surface area contributed by atoms with Crippen molar-refractivity contribution in [1.82, 2.24) is 8.75 Å². The molecule has 1 saturated heterocycles. The van der Waals surface area contributed by atoms with E-state index in [9.17, 15) is 9.59 Å². The number of carbonyl (C=O) groups excluding carboxylic acids is 2. The molecule has 0 saturated carbocycles. The van der Waals surface area contributed by atoms with Crippen LogP contribution in [0.25, 0.3) is 11.0 Å². The van der Waals surface area contributed by atoms with Crippen LogP contribution >= 0.6 is 11.7 Å². The van der Waals surface area contributed by atoms with E-state index in [2.05, 4.69) is 14.1 Å². The van der Waals surface area contributed by atoms with Gasteiger partial charge in [-0.1, -0.05) is 24.3 Å². The highest BCUT2D eigenvalue weighted by atomic mass is 32.1. The van der Waals surface area contributed by atoms with E-state index in [-0.39, 0.29) is 24.2 Å². The minimum atomic E-state index is -0.375. The zero-order valence-corrected chi connectivity index (χ0v) is 13.5. The molecule has 7 heteroatoms. The van der Waals surface area contributed by atoms with Crippen LogP contribution in [0.15, 0.2) is 48.5 Å². The third-order valence-electron chi connectivity index (χ3n) is 4.11. The number of rotatable bonds is 3. The molecule has 1 unspecified atom stereocenters. The Bertz CT molecular complexity index is 909. The fraction of sp³-hybridized carbons (Fsp3) is 0.176. The SMILES string of the molecule is O=C(Nc1cccc2nsnc12)C1CC(=O)N(c2ccccc2)C1. The van der Waals surface area contributed by atoms with E-state index in [1.165, 1.54) is 0 Å². The van der Waals surface area contributed by atoms with Crippen molar-refractivity contribution in [3.63, 3.8) is 0 Å². The molecule has 2 amide bonds. The van der Waals surface area contributed by atoms with E-state index in [4.69, 9.17) is 0 Å². The lowest BCUT2D eigenvalue weighted by atomic mass is 10.1. The zero-order chi connectivity index (χ0) is 16.5. The summed E-state index contributed by atoms with van der Waals surface area (Å²) in [6.07, 6.45) is 0.214. The van der Waals surface area contributed by atoms with E-state index in [1.807, 2.05) is 42.5 Å². The smallest absolute Gasteiger partial charge is 0.229 e. The first-order valence-corrected chi connectivity index (χ1v) is 8.33. The van der Waals surface area contributed by atoms with Gasteiger partial charge in [0.2, 0.25) is 11.8 Å². The van der Waals surface area contributed by atoms with Gasteiger partial charge in [-0.2, -0.15) is 8.75 Å². The normalized spacial score (nSPS) is 17.4. The average molecular weight is 338 g/mol. The summed E-state index contributed by atoms with van der Waals surface area (Å²) in [4.78, 5) is 26.5. The standard InChI is InChI=1S/C17H14N4O2S/c22-15-9-11(10-21(15)12-5-2-1-3-6-12)17(23)18-13-7-4-8-14-16(13)20-24-19-14/h1-8,11H,9-10H2,(H,18,23). The van der Waals surface area contributed by atoms with Gasteiger partial charge in [0.25, 0.3) is 0 Å². The summed E-state index contributed by atoms with van der Waals surface area (Å²) in [5.41, 5.74) is 2.90. The lowest BCUT2D eigenvalue weighted by Gasteiger charge is -2.16. The maximum atomic E-state index is 12.6. The topological polar surface area (TPSA) is 75.2 Å². The number of hydrogen-bond acceptors (Lipinski definition) is 5. The first kappa shape index (κ1) is 14.8. The fourth-order valence-electron chi connectivity index (χ4n) is 2.88. The summed E-state index contributed by atoms with van der Waals surface area (Å²) in [6, 6.07) is 14.9. The number of nitrogens with one attached hydrogen (secondary N) is 1. The Kier molecular flexibility index (Phi) is 3.70. The second-order valence-electron chi connectivity index (χ2n) is 5.67. The molecule has 120 valence electrons. The Balaban J connectivity index is 1.52. The van der Waals surface area contributed by atoms with Crippen molar-refractivity contribution in [2.75, 3.05) is 16.8 Å². The van der Waals surface area contributed by atoms with Crippen LogP contribution in [0, 0.1) is 5.92 Å². The van der Waals surface area contributed by atoms with E-state index in [0.29, 0.717) is 17.7 Å². The van der Waals surface area contributed by atoms with Gasteiger partial charge in [-0.05, 0) is 24.3 Å². The van der Waals surface area contributed by atoms with Crippen LogP contribution in [0.4, 0.5) is 11.4 Å². The molecule has 6 nitrogen and oxygen atoms in total. The van der Waals surface area contributed by atoms with Crippen molar-refractivity contribution in [3.8, 4) is 0 Å². The molecule has 0 radical (unpaired) electrons. The van der Waals surface area contributed by atoms with E-state index < -0.39 is 0 Å². The van der Waals surface area contributed by atoms with Gasteiger partial charge in [0.15, 0.2) is 0 Å². The van der Waals surface area contributed by atoms with Gasteiger partial charge < -0.3 is 10.2 Å². The van der Waals surface area contributed by atoms with Crippen molar-refractivity contribution in [2.24, 2.45) is 5.92 Å². The molecule has 1 atom stereocenters. The summed E-state index contributed by atoms with van der Waals surface area (Å²) in [6.45, 7) is 0.389. The van der Waals surface area contributed by atoms with Crippen LogP contribution in [0.2, 0.25) is 0 Å². The Labute approximate surface area is 142 Å². The van der Waals surface area contributed by atoms with Crippen LogP contribution in [-0.2, 0) is 9.59 Å². The van der Waals surface area contributed by atoms with Gasteiger partial charge in [0.1, 0.15) is 11.0 Å². The predicted molar refractivity (Wildman–Crippen MR) is 92.9 cm³/mol. The lowest BCUT2D eigenvalue weighted by Crippen LogP contribution is -2.28. The molecule has 2 heterocycles. The summed E-state index contributed by atoms with van der Waals surface area (Å²) < 4.78 is 8.38. The molecule has 0 spiro atoms. The quantitative estimate of drug-likeness (QED) is 0.797. The molecule has 2 aromatic carbocycles. The highest BCUT2D eigenvalue weighted by molar-refractivity contribution is 7.00. The molecule has 24 heavy (non-hydrogen) atoms. The Morgan fingerprint density at radius 1 is 1.12 bits per heavy atom. The maximum Gasteiger partial charge on any atom is 0.229 e. The fourth-order valence-corrected chi connectivity index (χ4v) is 3.43. The molecule has 0 bridgehead atoms. The molecule has 1 aliphatic heterocycles. The molecule has 1 aromatic heterocycles. The van der Waals surface area contributed by atoms with Crippen LogP contribution in [0.5, 0.6) is 0 Å². The maximum absolute atomic E-state index is 12.6. The zero-order valence-electron chi connectivity index (χ0n) is 12.7. The number of amides is 2. The number of anilines is 2. The molecule has 1 aliphatic rings. The number of fused-ring (bicyclic) bond motifs is 1. The van der Waals surface area contributed by atoms with Gasteiger partial charge in [0, 0.05) is 18.7 Å². The first-order valence-electron chi connectivity index (χ1n) is 7.60. The van der Waals surface area contributed by atoms with Crippen molar-refractivity contribution >= 4 is 46.0 Å². The summed E-state index contributed by atoms with van der Waals surface area (Å²) in [7, 11) is 0. The number of aromatic nitrogens is 2. The third-order valence-corrected chi connectivity index (χ3v) is 4.65. The Hall–Kier alpha value is -2.80. The predicted octanol–water partition coefficient (Wildman–Crippen LogP) is 2.68. The van der Waals surface area contributed by atoms with Crippen molar-refractivity contribution in [3.05, 3.63) is 48.5 Å². The second kappa shape index (κ2) is 6.01. The second-order valence-corrected chi connectivity index (χ2v) is 6.20. The highest BCUT2D eigenvalue weighted by Crippen LogP contribution is 2.27. The lowest BCUT2D eigenvalue weighted by molar-refractivity contribution is -0.122. The van der Waals surface area contributed by atoms with Gasteiger partial charge in [-0.3, -0.25) is 9.59 Å². The van der Waals surface area contributed by atoms with Crippen molar-refractivity contribution in [1.29, 1.82) is 0 Å². The van der Waals surface area contributed by atoms with Gasteiger partial charge >= 0.3 is 0 Å². The minimum absolute atomic E-state index is 0.0325. The van der Waals surface area contributed by atoms with Crippen molar-refractivity contribution in [2.45, 2.75) is 6.42 Å². The largest absolute Gasteiger partial charge is 0.324 e. The monoisotopic (exact) mass is 338 g/mol. The van der Waals surface area contributed by atoms with Gasteiger partial charge in [0.05, 0.1) is 23.3 Å². The van der Waals surface area contributed by atoms with Crippen LogP contribution in [0.1, 0.15) is 6.42 Å². The van der Waals surface area contributed by atoms with Crippen LogP contribution in [-0.4, -0.2) is 27.1 Å². The van der Waals surface area contributed by atoms with E-state index in [0.717, 1.165) is 22.9 Å². The van der Waals surface area contributed by atoms with Crippen LogP contribution < -0.4 is 10.2 Å². The molecule has 3 aromatic rings. The van der Waals surface area contributed by atoms with Crippen molar-refractivity contribution < 1.29 is 9.59 Å². The number of para-hydroxylation sites is 1. The Morgan fingerprint density at radius 2 is 1.96 bits per heavy atom. The average Bonchev–Trinajstić information content (AvgIpc) is 3.23. The van der Waals surface area contributed by atoms with E-state index >= 15 is 0 Å². The molecule has 0 aliphatic carbocycles. The number of carbonyl (C=O) groups is 2. The highest BCUT2D eigenvalue weighted by Gasteiger charge is 2.35. The Morgan fingerprint density at radius 3 is 2.79 bits per heavy atom. The summed E-state index contributed by atoms with van der Waals surface area (Å²) in [5.74, 6) is -0.572. The molecule has 4 rings (SSSR count). The summed E-state index contributed by atoms with van der Waals surface area (Å²) in [5, 5.41) is 2.89. The molecular formula is C17H14N4O2S. The summed E-state index contributed by atoms with van der Waals surface area (Å²) >= 11 is 1.11. The molecule has 1 fully saturated rings. The number of hydrogen-bond donors (Lipinski definition) is 1. The molecule has 1 N–H and O–H groups in total. The number of benzene rings is 2. The van der Waals surface area contributed by atoms with E-state index in [1.54, 1.807) is 11.0 Å². The first-order chi connectivity index (χ1) is 11.7. The number of nitrogens with zero attached hydrogens (tertiary/aromatic N) is 3. The van der Waals surface area contributed by atoms with Gasteiger partial charge in [-0.15, -0.1) is 0 Å². The third kappa shape index (κ3) is 2.63. The van der Waals surface area contributed by atoms with Crippen LogP contribution in [0.3, 0.4) is 0 Å².